The lowest BCUT2D eigenvalue weighted by atomic mass is 10.0. The minimum absolute atomic E-state index is 0.0220. The van der Waals surface area contributed by atoms with E-state index < -0.39 is 0 Å². The van der Waals surface area contributed by atoms with Crippen molar-refractivity contribution in [1.29, 1.82) is 0 Å². The standard InChI is InChI=1S/C20H20N2O2S/c1-13-4-6-14(7-5-13)19(15-8-9-15)22-18(23)11-16-12-25-20(21-16)17-3-2-10-24-17/h2-7,10,12,15,19H,8-9,11H2,1H3,(H,22,23). The number of aromatic nitrogens is 1. The maximum Gasteiger partial charge on any atom is 0.226 e. The molecule has 1 unspecified atom stereocenters. The lowest BCUT2D eigenvalue weighted by molar-refractivity contribution is -0.121. The second-order valence-electron chi connectivity index (χ2n) is 6.59. The van der Waals surface area contributed by atoms with Gasteiger partial charge in [0.15, 0.2) is 10.8 Å². The number of carbonyl (C=O) groups excluding carboxylic acids is 1. The van der Waals surface area contributed by atoms with Crippen molar-refractivity contribution in [3.8, 4) is 10.8 Å². The highest BCUT2D eigenvalue weighted by Crippen LogP contribution is 2.41. The molecule has 1 N–H and O–H groups in total. The van der Waals surface area contributed by atoms with Crippen molar-refractivity contribution in [2.75, 3.05) is 0 Å². The largest absolute Gasteiger partial charge is 0.462 e. The maximum atomic E-state index is 12.5. The summed E-state index contributed by atoms with van der Waals surface area (Å²) in [7, 11) is 0. The van der Waals surface area contributed by atoms with E-state index in [9.17, 15) is 4.79 Å². The summed E-state index contributed by atoms with van der Waals surface area (Å²) in [5.74, 6) is 1.32. The first-order valence-corrected chi connectivity index (χ1v) is 9.41. The van der Waals surface area contributed by atoms with Gasteiger partial charge in [0.2, 0.25) is 5.91 Å². The van der Waals surface area contributed by atoms with Gasteiger partial charge in [0, 0.05) is 5.38 Å². The number of thiazole rings is 1. The van der Waals surface area contributed by atoms with E-state index in [-0.39, 0.29) is 11.9 Å². The summed E-state index contributed by atoms with van der Waals surface area (Å²) >= 11 is 1.50. The summed E-state index contributed by atoms with van der Waals surface area (Å²) < 4.78 is 5.36. The predicted octanol–water partition coefficient (Wildman–Crippen LogP) is 4.52. The molecule has 2 heterocycles. The van der Waals surface area contributed by atoms with Crippen molar-refractivity contribution in [3.05, 3.63) is 64.9 Å². The van der Waals surface area contributed by atoms with Crippen LogP contribution in [-0.2, 0) is 11.2 Å². The number of hydrogen-bond donors (Lipinski definition) is 1. The fourth-order valence-corrected chi connectivity index (χ4v) is 3.75. The van der Waals surface area contributed by atoms with Crippen LogP contribution in [0.1, 0.15) is 35.7 Å². The molecular weight excluding hydrogens is 332 g/mol. The molecule has 0 bridgehead atoms. The molecule has 1 aromatic carbocycles. The third-order valence-electron chi connectivity index (χ3n) is 4.47. The molecular formula is C20H20N2O2S. The Labute approximate surface area is 150 Å². The maximum absolute atomic E-state index is 12.5. The Kier molecular flexibility index (Phi) is 4.40. The van der Waals surface area contributed by atoms with Gasteiger partial charge in [-0.15, -0.1) is 11.3 Å². The van der Waals surface area contributed by atoms with Crippen LogP contribution >= 0.6 is 11.3 Å². The van der Waals surface area contributed by atoms with Gasteiger partial charge in [0.25, 0.3) is 0 Å². The number of hydrogen-bond acceptors (Lipinski definition) is 4. The van der Waals surface area contributed by atoms with Crippen molar-refractivity contribution in [1.82, 2.24) is 10.3 Å². The normalized spacial score (nSPS) is 15.1. The molecule has 1 aliphatic rings. The van der Waals surface area contributed by atoms with E-state index >= 15 is 0 Å². The molecule has 5 heteroatoms. The van der Waals surface area contributed by atoms with E-state index in [1.54, 1.807) is 6.26 Å². The van der Waals surface area contributed by atoms with Crippen LogP contribution in [-0.4, -0.2) is 10.9 Å². The molecule has 25 heavy (non-hydrogen) atoms. The highest BCUT2D eigenvalue weighted by molar-refractivity contribution is 7.13. The predicted molar refractivity (Wildman–Crippen MR) is 98.3 cm³/mol. The zero-order valence-electron chi connectivity index (χ0n) is 14.1. The van der Waals surface area contributed by atoms with Crippen LogP contribution < -0.4 is 5.32 Å². The van der Waals surface area contributed by atoms with Crippen molar-refractivity contribution in [2.24, 2.45) is 5.92 Å². The van der Waals surface area contributed by atoms with Crippen LogP contribution in [0.3, 0.4) is 0 Å². The topological polar surface area (TPSA) is 55.1 Å². The monoisotopic (exact) mass is 352 g/mol. The van der Waals surface area contributed by atoms with E-state index in [0.29, 0.717) is 12.3 Å². The number of nitrogens with one attached hydrogen (secondary N) is 1. The molecule has 1 fully saturated rings. The van der Waals surface area contributed by atoms with E-state index in [1.807, 2.05) is 17.5 Å². The summed E-state index contributed by atoms with van der Waals surface area (Å²) in [4.78, 5) is 17.0. The van der Waals surface area contributed by atoms with Crippen LogP contribution in [0.4, 0.5) is 0 Å². The Morgan fingerprint density at radius 3 is 2.80 bits per heavy atom. The molecule has 0 spiro atoms. The third kappa shape index (κ3) is 3.82. The number of aryl methyl sites for hydroxylation is 1. The van der Waals surface area contributed by atoms with E-state index in [4.69, 9.17) is 4.42 Å². The average molecular weight is 352 g/mol. The van der Waals surface area contributed by atoms with Gasteiger partial charge in [-0.05, 0) is 43.4 Å². The lowest BCUT2D eigenvalue weighted by Crippen LogP contribution is -2.31. The molecule has 4 rings (SSSR count). The van der Waals surface area contributed by atoms with Crippen LogP contribution in [0.2, 0.25) is 0 Å². The molecule has 0 aliphatic heterocycles. The van der Waals surface area contributed by atoms with Crippen LogP contribution in [0, 0.1) is 12.8 Å². The summed E-state index contributed by atoms with van der Waals surface area (Å²) in [6, 6.07) is 12.3. The van der Waals surface area contributed by atoms with Crippen molar-refractivity contribution in [2.45, 2.75) is 32.2 Å². The zero-order valence-corrected chi connectivity index (χ0v) is 14.9. The highest BCUT2D eigenvalue weighted by atomic mass is 32.1. The van der Waals surface area contributed by atoms with Crippen LogP contribution in [0.5, 0.6) is 0 Å². The van der Waals surface area contributed by atoms with Gasteiger partial charge in [-0.1, -0.05) is 29.8 Å². The van der Waals surface area contributed by atoms with Gasteiger partial charge in [0.1, 0.15) is 0 Å². The highest BCUT2D eigenvalue weighted by Gasteiger charge is 2.33. The smallest absolute Gasteiger partial charge is 0.226 e. The molecule has 1 aliphatic carbocycles. The minimum Gasteiger partial charge on any atom is -0.462 e. The van der Waals surface area contributed by atoms with Gasteiger partial charge in [0.05, 0.1) is 24.4 Å². The van der Waals surface area contributed by atoms with Crippen molar-refractivity contribution < 1.29 is 9.21 Å². The first-order chi connectivity index (χ1) is 12.2. The van der Waals surface area contributed by atoms with Gasteiger partial charge in [-0.2, -0.15) is 0 Å². The molecule has 2 aromatic heterocycles. The molecule has 0 saturated heterocycles. The SMILES string of the molecule is Cc1ccc(C(NC(=O)Cc2csc(-c3ccco3)n2)C2CC2)cc1. The Bertz CT molecular complexity index is 848. The van der Waals surface area contributed by atoms with Crippen molar-refractivity contribution in [3.63, 3.8) is 0 Å². The third-order valence-corrected chi connectivity index (χ3v) is 5.38. The number of amides is 1. The summed E-state index contributed by atoms with van der Waals surface area (Å²) in [5, 5.41) is 5.95. The second-order valence-corrected chi connectivity index (χ2v) is 7.45. The number of furan rings is 1. The summed E-state index contributed by atoms with van der Waals surface area (Å²) in [6.07, 6.45) is 4.29. The first-order valence-electron chi connectivity index (χ1n) is 8.53. The Balaban J connectivity index is 1.43. The molecule has 1 amide bonds. The number of rotatable bonds is 6. The van der Waals surface area contributed by atoms with E-state index in [1.165, 1.54) is 35.3 Å². The van der Waals surface area contributed by atoms with Gasteiger partial charge >= 0.3 is 0 Å². The number of carbonyl (C=O) groups is 1. The molecule has 0 radical (unpaired) electrons. The Morgan fingerprint density at radius 2 is 2.12 bits per heavy atom. The fraction of sp³-hybridized carbons (Fsp3) is 0.300. The lowest BCUT2D eigenvalue weighted by Gasteiger charge is -2.19. The fourth-order valence-electron chi connectivity index (χ4n) is 2.97. The van der Waals surface area contributed by atoms with E-state index in [2.05, 4.69) is 41.5 Å². The second kappa shape index (κ2) is 6.84. The van der Waals surface area contributed by atoms with Gasteiger partial charge < -0.3 is 9.73 Å². The summed E-state index contributed by atoms with van der Waals surface area (Å²) in [6.45, 7) is 2.08. The Hall–Kier alpha value is -2.40. The van der Waals surface area contributed by atoms with Crippen LogP contribution in [0.15, 0.2) is 52.5 Å². The molecule has 3 aromatic rings. The quantitative estimate of drug-likeness (QED) is 0.709. The van der Waals surface area contributed by atoms with Gasteiger partial charge in [-0.3, -0.25) is 4.79 Å². The molecule has 128 valence electrons. The minimum atomic E-state index is 0.0220. The molecule has 1 atom stereocenters. The van der Waals surface area contributed by atoms with Crippen molar-refractivity contribution >= 4 is 17.2 Å². The first kappa shape index (κ1) is 16.1. The van der Waals surface area contributed by atoms with Gasteiger partial charge in [-0.25, -0.2) is 4.98 Å². The summed E-state index contributed by atoms with van der Waals surface area (Å²) in [5.41, 5.74) is 3.21. The molecule has 4 nitrogen and oxygen atoms in total. The number of benzene rings is 1. The average Bonchev–Trinajstić information content (AvgIpc) is 3.09. The zero-order chi connectivity index (χ0) is 17.2. The van der Waals surface area contributed by atoms with Crippen LogP contribution in [0.25, 0.3) is 10.8 Å². The number of nitrogens with zero attached hydrogens (tertiary/aromatic N) is 1. The Morgan fingerprint density at radius 1 is 1.32 bits per heavy atom. The molecule has 1 saturated carbocycles. The van der Waals surface area contributed by atoms with E-state index in [0.717, 1.165) is 16.5 Å².